The molecule has 0 saturated carbocycles. The van der Waals surface area contributed by atoms with Crippen molar-refractivity contribution in [3.05, 3.63) is 53.1 Å². The Morgan fingerprint density at radius 2 is 1.95 bits per heavy atom. The monoisotopic (exact) mass is 293 g/mol. The van der Waals surface area contributed by atoms with Crippen LogP contribution in [0.1, 0.15) is 5.56 Å². The van der Waals surface area contributed by atoms with Crippen LogP contribution in [0.2, 0.25) is 5.02 Å². The molecule has 3 nitrogen and oxygen atoms in total. The molecule has 2 aromatic carbocycles. The van der Waals surface area contributed by atoms with Gasteiger partial charge in [0.15, 0.2) is 11.5 Å². The molecule has 19 heavy (non-hydrogen) atoms. The molecular formula is C14H12ClNO2S. The molecule has 0 bridgehead atoms. The predicted molar refractivity (Wildman–Crippen MR) is 81.1 cm³/mol. The summed E-state index contributed by atoms with van der Waals surface area (Å²) in [6, 6.07) is 12.1. The van der Waals surface area contributed by atoms with Crippen LogP contribution in [-0.2, 0) is 0 Å². The molecule has 98 valence electrons. The summed E-state index contributed by atoms with van der Waals surface area (Å²) in [5.74, 6) is 0.326. The van der Waals surface area contributed by atoms with E-state index in [2.05, 4.69) is 5.32 Å². The third-order valence-corrected chi connectivity index (χ3v) is 3.02. The van der Waals surface area contributed by atoms with Gasteiger partial charge in [-0.2, -0.15) is 0 Å². The van der Waals surface area contributed by atoms with E-state index in [0.29, 0.717) is 16.5 Å². The van der Waals surface area contributed by atoms with Crippen molar-refractivity contribution in [1.82, 2.24) is 0 Å². The number of aromatic hydroxyl groups is 1. The Hall–Kier alpha value is -1.78. The number of anilines is 1. The maximum atomic E-state index is 9.60. The molecule has 0 saturated heterocycles. The lowest BCUT2D eigenvalue weighted by molar-refractivity contribution is 0.437. The van der Waals surface area contributed by atoms with E-state index in [1.807, 2.05) is 19.1 Å². The van der Waals surface area contributed by atoms with Gasteiger partial charge in [0, 0.05) is 0 Å². The van der Waals surface area contributed by atoms with Crippen molar-refractivity contribution in [1.29, 1.82) is 0 Å². The van der Waals surface area contributed by atoms with Gasteiger partial charge in [-0.1, -0.05) is 35.9 Å². The lowest BCUT2D eigenvalue weighted by Gasteiger charge is -2.13. The molecule has 2 aromatic rings. The lowest BCUT2D eigenvalue weighted by Crippen LogP contribution is -2.17. The topological polar surface area (TPSA) is 41.5 Å². The second-order valence-electron chi connectivity index (χ2n) is 3.91. The maximum Gasteiger partial charge on any atom is 0.266 e. The van der Waals surface area contributed by atoms with Crippen LogP contribution in [0, 0.1) is 6.92 Å². The van der Waals surface area contributed by atoms with E-state index in [0.717, 1.165) is 5.56 Å². The number of rotatable bonds is 2. The number of ether oxygens (including phenoxy) is 1. The van der Waals surface area contributed by atoms with Crippen molar-refractivity contribution in [3.63, 3.8) is 0 Å². The Kier molecular flexibility index (Phi) is 4.24. The van der Waals surface area contributed by atoms with Gasteiger partial charge in [-0.05, 0) is 42.9 Å². The largest absolute Gasteiger partial charge is 0.504 e. The lowest BCUT2D eigenvalue weighted by atomic mass is 10.2. The Labute approximate surface area is 121 Å². The van der Waals surface area contributed by atoms with E-state index in [4.69, 9.17) is 28.6 Å². The molecule has 0 aliphatic rings. The first-order valence-corrected chi connectivity index (χ1v) is 6.38. The Balaban J connectivity index is 2.12. The first kappa shape index (κ1) is 13.6. The molecule has 0 amide bonds. The minimum absolute atomic E-state index is 0.0301. The number of phenols is 1. The van der Waals surface area contributed by atoms with E-state index in [9.17, 15) is 5.11 Å². The second kappa shape index (κ2) is 5.91. The third-order valence-electron chi connectivity index (χ3n) is 2.52. The van der Waals surface area contributed by atoms with Crippen LogP contribution in [0.25, 0.3) is 0 Å². The summed E-state index contributed by atoms with van der Waals surface area (Å²) >= 11 is 11.2. The molecule has 0 atom stereocenters. The predicted octanol–water partition coefficient (Wildman–Crippen LogP) is 4.13. The molecule has 0 heterocycles. The SMILES string of the molecule is Cc1cccc(Cl)c1NC(=S)Oc1ccccc1O. The summed E-state index contributed by atoms with van der Waals surface area (Å²) in [4.78, 5) is 0. The molecule has 0 radical (unpaired) electrons. The van der Waals surface area contributed by atoms with E-state index in [1.54, 1.807) is 24.3 Å². The van der Waals surface area contributed by atoms with Gasteiger partial charge in [-0.3, -0.25) is 0 Å². The molecule has 0 fully saturated rings. The van der Waals surface area contributed by atoms with E-state index >= 15 is 0 Å². The summed E-state index contributed by atoms with van der Waals surface area (Å²) in [5, 5.41) is 13.2. The van der Waals surface area contributed by atoms with Crippen LogP contribution in [0.3, 0.4) is 0 Å². The highest BCUT2D eigenvalue weighted by molar-refractivity contribution is 7.80. The van der Waals surface area contributed by atoms with Crippen molar-refractivity contribution >= 4 is 34.7 Å². The van der Waals surface area contributed by atoms with Crippen molar-refractivity contribution in [3.8, 4) is 11.5 Å². The van der Waals surface area contributed by atoms with Gasteiger partial charge in [-0.15, -0.1) is 0 Å². The van der Waals surface area contributed by atoms with Gasteiger partial charge in [0.1, 0.15) is 0 Å². The van der Waals surface area contributed by atoms with Gasteiger partial charge in [0.2, 0.25) is 0 Å². The average molecular weight is 294 g/mol. The Morgan fingerprint density at radius 3 is 2.63 bits per heavy atom. The average Bonchev–Trinajstić information content (AvgIpc) is 2.37. The summed E-state index contributed by atoms with van der Waals surface area (Å²) in [7, 11) is 0. The van der Waals surface area contributed by atoms with Crippen LogP contribution in [0.15, 0.2) is 42.5 Å². The normalized spacial score (nSPS) is 10.0. The smallest absolute Gasteiger partial charge is 0.266 e. The molecule has 0 aliphatic carbocycles. The van der Waals surface area contributed by atoms with Gasteiger partial charge in [-0.25, -0.2) is 0 Å². The Bertz CT molecular complexity index is 596. The van der Waals surface area contributed by atoms with Crippen LogP contribution < -0.4 is 10.1 Å². The summed E-state index contributed by atoms with van der Waals surface area (Å²) in [5.41, 5.74) is 1.65. The third kappa shape index (κ3) is 3.36. The molecule has 2 rings (SSSR count). The molecule has 0 aromatic heterocycles. The van der Waals surface area contributed by atoms with Crippen LogP contribution in [-0.4, -0.2) is 10.3 Å². The zero-order valence-electron chi connectivity index (χ0n) is 10.2. The summed E-state index contributed by atoms with van der Waals surface area (Å²) < 4.78 is 5.37. The molecule has 5 heteroatoms. The number of benzene rings is 2. The van der Waals surface area contributed by atoms with Crippen molar-refractivity contribution in [2.24, 2.45) is 0 Å². The number of aryl methyl sites for hydroxylation is 1. The quantitative estimate of drug-likeness (QED) is 0.817. The number of hydrogen-bond donors (Lipinski definition) is 2. The minimum atomic E-state index is 0.0301. The van der Waals surface area contributed by atoms with E-state index in [1.165, 1.54) is 6.07 Å². The van der Waals surface area contributed by atoms with E-state index in [-0.39, 0.29) is 10.9 Å². The van der Waals surface area contributed by atoms with Crippen LogP contribution in [0.4, 0.5) is 5.69 Å². The number of nitrogens with one attached hydrogen (secondary N) is 1. The summed E-state index contributed by atoms with van der Waals surface area (Å²) in [6.07, 6.45) is 0. The van der Waals surface area contributed by atoms with Gasteiger partial charge >= 0.3 is 0 Å². The minimum Gasteiger partial charge on any atom is -0.504 e. The van der Waals surface area contributed by atoms with E-state index < -0.39 is 0 Å². The number of hydrogen-bond acceptors (Lipinski definition) is 3. The second-order valence-corrected chi connectivity index (χ2v) is 4.69. The molecular weight excluding hydrogens is 282 g/mol. The summed E-state index contributed by atoms with van der Waals surface area (Å²) in [6.45, 7) is 1.91. The first-order valence-electron chi connectivity index (χ1n) is 5.60. The molecule has 0 spiro atoms. The number of halogens is 1. The number of thiocarbonyl (C=S) groups is 1. The standard InChI is InChI=1S/C14H12ClNO2S/c1-9-5-4-6-10(15)13(9)16-14(19)18-12-8-3-2-7-11(12)17/h2-8,17H,1H3,(H,16,19). The van der Waals surface area contributed by atoms with Gasteiger partial charge < -0.3 is 15.2 Å². The highest BCUT2D eigenvalue weighted by Crippen LogP contribution is 2.27. The van der Waals surface area contributed by atoms with Crippen molar-refractivity contribution in [2.75, 3.05) is 5.32 Å². The first-order chi connectivity index (χ1) is 9.08. The Morgan fingerprint density at radius 1 is 1.21 bits per heavy atom. The van der Waals surface area contributed by atoms with Crippen molar-refractivity contribution in [2.45, 2.75) is 6.92 Å². The zero-order valence-corrected chi connectivity index (χ0v) is 11.8. The molecule has 2 N–H and O–H groups in total. The fourth-order valence-electron chi connectivity index (χ4n) is 1.56. The number of phenolic OH excluding ortho intramolecular Hbond substituents is 1. The highest BCUT2D eigenvalue weighted by atomic mass is 35.5. The van der Waals surface area contributed by atoms with Crippen LogP contribution >= 0.6 is 23.8 Å². The fraction of sp³-hybridized carbons (Fsp3) is 0.0714. The molecule has 0 aliphatic heterocycles. The molecule has 0 unspecified atom stereocenters. The zero-order chi connectivity index (χ0) is 13.8. The maximum absolute atomic E-state index is 9.60. The van der Waals surface area contributed by atoms with Crippen LogP contribution in [0.5, 0.6) is 11.5 Å². The fourth-order valence-corrected chi connectivity index (χ4v) is 2.02. The van der Waals surface area contributed by atoms with Gasteiger partial charge in [0.25, 0.3) is 5.17 Å². The van der Waals surface area contributed by atoms with Crippen molar-refractivity contribution < 1.29 is 9.84 Å². The van der Waals surface area contributed by atoms with Gasteiger partial charge in [0.05, 0.1) is 10.7 Å². The highest BCUT2D eigenvalue weighted by Gasteiger charge is 2.09. The number of para-hydroxylation sites is 3.